The molecule has 1 fully saturated rings. The van der Waals surface area contributed by atoms with Crippen LogP contribution in [-0.4, -0.2) is 43.2 Å². The van der Waals surface area contributed by atoms with Crippen molar-refractivity contribution >= 4 is 5.96 Å². The van der Waals surface area contributed by atoms with Gasteiger partial charge in [-0.05, 0) is 12.8 Å². The molecule has 0 aromatic carbocycles. The summed E-state index contributed by atoms with van der Waals surface area (Å²) in [5.74, 6) is 0.735. The second-order valence-corrected chi connectivity index (χ2v) is 6.73. The van der Waals surface area contributed by atoms with E-state index in [0.29, 0.717) is 0 Å². The molecule has 0 bridgehead atoms. The first-order chi connectivity index (χ1) is 10.3. The molecular weight excluding hydrogens is 262 g/mol. The van der Waals surface area contributed by atoms with Crippen molar-refractivity contribution in [1.82, 2.24) is 4.90 Å². The van der Waals surface area contributed by atoms with Crippen molar-refractivity contribution in [1.29, 1.82) is 0 Å². The quantitative estimate of drug-likeness (QED) is 0.869. The fraction of sp³-hybridized carbons (Fsp3) is 0.941. The molecule has 0 atom stereocenters. The highest BCUT2D eigenvalue weighted by molar-refractivity contribution is 5.81. The number of hydrogen-bond donors (Lipinski definition) is 1. The van der Waals surface area contributed by atoms with Gasteiger partial charge in [0.25, 0.3) is 0 Å². The molecular formula is C17H33N3O. The predicted octanol–water partition coefficient (Wildman–Crippen LogP) is 3.31. The number of rotatable bonds is 3. The molecule has 1 heterocycles. The topological polar surface area (TPSA) is 50.9 Å². The lowest BCUT2D eigenvalue weighted by molar-refractivity contribution is 0.112. The van der Waals surface area contributed by atoms with Crippen LogP contribution in [0.1, 0.15) is 70.6 Å². The van der Waals surface area contributed by atoms with E-state index in [0.717, 1.165) is 25.7 Å². The van der Waals surface area contributed by atoms with Gasteiger partial charge in [0.15, 0.2) is 5.96 Å². The van der Waals surface area contributed by atoms with Gasteiger partial charge in [-0.3, -0.25) is 4.99 Å². The molecule has 1 spiro atoms. The first-order valence-electron chi connectivity index (χ1n) is 8.85. The van der Waals surface area contributed by atoms with Crippen LogP contribution in [0.25, 0.3) is 0 Å². The Labute approximate surface area is 130 Å². The zero-order valence-electron chi connectivity index (χ0n) is 13.8. The third-order valence-electron chi connectivity index (χ3n) is 5.19. The van der Waals surface area contributed by atoms with Gasteiger partial charge in [-0.25, -0.2) is 0 Å². The maximum absolute atomic E-state index is 6.16. The highest BCUT2D eigenvalue weighted by Crippen LogP contribution is 2.33. The van der Waals surface area contributed by atoms with Gasteiger partial charge in [0, 0.05) is 13.7 Å². The van der Waals surface area contributed by atoms with Gasteiger partial charge in [-0.2, -0.15) is 0 Å². The fourth-order valence-corrected chi connectivity index (χ4v) is 3.87. The summed E-state index contributed by atoms with van der Waals surface area (Å²) in [5, 5.41) is 0. The van der Waals surface area contributed by atoms with E-state index in [9.17, 15) is 0 Å². The molecule has 1 saturated carbocycles. The monoisotopic (exact) mass is 295 g/mol. The first-order valence-corrected chi connectivity index (χ1v) is 8.85. The summed E-state index contributed by atoms with van der Waals surface area (Å²) in [6.45, 7) is 2.51. The Morgan fingerprint density at radius 3 is 2.05 bits per heavy atom. The van der Waals surface area contributed by atoms with E-state index in [1.54, 1.807) is 7.11 Å². The van der Waals surface area contributed by atoms with E-state index in [4.69, 9.17) is 10.5 Å². The zero-order chi connectivity index (χ0) is 15.0. The average Bonchev–Trinajstić information content (AvgIpc) is 2.78. The van der Waals surface area contributed by atoms with E-state index >= 15 is 0 Å². The molecule has 2 rings (SSSR count). The molecule has 0 aromatic heterocycles. The van der Waals surface area contributed by atoms with Crippen molar-refractivity contribution in [3.63, 3.8) is 0 Å². The van der Waals surface area contributed by atoms with Crippen LogP contribution in [0.2, 0.25) is 0 Å². The van der Waals surface area contributed by atoms with E-state index in [2.05, 4.69) is 9.89 Å². The van der Waals surface area contributed by atoms with E-state index in [1.165, 1.54) is 70.6 Å². The summed E-state index contributed by atoms with van der Waals surface area (Å²) in [6.07, 6.45) is 14.9. The average molecular weight is 295 g/mol. The van der Waals surface area contributed by atoms with Crippen LogP contribution >= 0.6 is 0 Å². The summed E-state index contributed by atoms with van der Waals surface area (Å²) in [5.41, 5.74) is 6.34. The van der Waals surface area contributed by atoms with Gasteiger partial charge in [-0.15, -0.1) is 0 Å². The highest BCUT2D eigenvalue weighted by Gasteiger charge is 2.40. The minimum absolute atomic E-state index is 0.182. The van der Waals surface area contributed by atoms with Crippen molar-refractivity contribution in [2.24, 2.45) is 10.7 Å². The molecule has 122 valence electrons. The van der Waals surface area contributed by atoms with Gasteiger partial charge in [0.05, 0.1) is 18.7 Å². The molecule has 4 nitrogen and oxygen atoms in total. The lowest BCUT2D eigenvalue weighted by Crippen LogP contribution is -2.52. The van der Waals surface area contributed by atoms with E-state index in [-0.39, 0.29) is 5.54 Å². The van der Waals surface area contributed by atoms with Gasteiger partial charge < -0.3 is 15.4 Å². The molecule has 2 N–H and O–H groups in total. The number of nitrogens with zero attached hydrogens (tertiary/aromatic N) is 2. The number of nitrogens with two attached hydrogens (primary N) is 1. The molecule has 2 aliphatic rings. The summed E-state index contributed by atoms with van der Waals surface area (Å²) in [6, 6.07) is 0. The van der Waals surface area contributed by atoms with Gasteiger partial charge in [0.1, 0.15) is 0 Å². The molecule has 1 aliphatic carbocycles. The summed E-state index contributed by atoms with van der Waals surface area (Å²) >= 11 is 0. The Morgan fingerprint density at radius 1 is 1.00 bits per heavy atom. The summed E-state index contributed by atoms with van der Waals surface area (Å²) in [7, 11) is 1.76. The standard InChI is InChI=1S/C17H33N3O/c1-21-14-13-20-16(18)19-15-17(20)11-9-7-5-3-2-4-6-8-10-12-17/h2-15H2,1H3,(H2,18,19). The predicted molar refractivity (Wildman–Crippen MR) is 88.6 cm³/mol. The molecule has 21 heavy (non-hydrogen) atoms. The highest BCUT2D eigenvalue weighted by atomic mass is 16.5. The number of methoxy groups -OCH3 is 1. The van der Waals surface area contributed by atoms with Crippen LogP contribution in [-0.2, 0) is 4.74 Å². The van der Waals surface area contributed by atoms with E-state index in [1.807, 2.05) is 0 Å². The maximum Gasteiger partial charge on any atom is 0.191 e. The molecule has 0 unspecified atom stereocenters. The second-order valence-electron chi connectivity index (χ2n) is 6.73. The number of guanidine groups is 1. The number of hydrogen-bond acceptors (Lipinski definition) is 4. The Bertz CT molecular complexity index is 318. The van der Waals surface area contributed by atoms with Crippen LogP contribution in [0.3, 0.4) is 0 Å². The smallest absolute Gasteiger partial charge is 0.191 e. The van der Waals surface area contributed by atoms with Crippen LogP contribution in [0.5, 0.6) is 0 Å². The Balaban J connectivity index is 1.99. The van der Waals surface area contributed by atoms with Gasteiger partial charge in [-0.1, -0.05) is 57.8 Å². The van der Waals surface area contributed by atoms with Crippen LogP contribution in [0.15, 0.2) is 4.99 Å². The first kappa shape index (κ1) is 16.6. The lowest BCUT2D eigenvalue weighted by Gasteiger charge is -2.40. The van der Waals surface area contributed by atoms with Crippen molar-refractivity contribution in [2.45, 2.75) is 76.2 Å². The SMILES string of the molecule is COCCN1C(N)=NCC12CCCCCCCCCCC2. The third-order valence-corrected chi connectivity index (χ3v) is 5.19. The van der Waals surface area contributed by atoms with Crippen molar-refractivity contribution < 1.29 is 4.74 Å². The second kappa shape index (κ2) is 8.62. The fourth-order valence-electron chi connectivity index (χ4n) is 3.87. The lowest BCUT2D eigenvalue weighted by atomic mass is 9.84. The molecule has 0 radical (unpaired) electrons. The molecule has 0 amide bonds. The minimum Gasteiger partial charge on any atom is -0.383 e. The molecule has 0 saturated heterocycles. The Kier molecular flexibility index (Phi) is 6.81. The third kappa shape index (κ3) is 4.60. The molecule has 1 aliphatic heterocycles. The van der Waals surface area contributed by atoms with E-state index < -0.39 is 0 Å². The zero-order valence-corrected chi connectivity index (χ0v) is 13.8. The molecule has 0 aromatic rings. The van der Waals surface area contributed by atoms with Crippen molar-refractivity contribution in [2.75, 3.05) is 26.8 Å². The molecule has 4 heteroatoms. The minimum atomic E-state index is 0.182. The largest absolute Gasteiger partial charge is 0.383 e. The van der Waals surface area contributed by atoms with Crippen LogP contribution in [0, 0.1) is 0 Å². The van der Waals surface area contributed by atoms with Crippen LogP contribution < -0.4 is 5.73 Å². The van der Waals surface area contributed by atoms with Crippen molar-refractivity contribution in [3.8, 4) is 0 Å². The summed E-state index contributed by atoms with van der Waals surface area (Å²) < 4.78 is 5.27. The number of aliphatic imine (C=N–C) groups is 1. The van der Waals surface area contributed by atoms with Crippen molar-refractivity contribution in [3.05, 3.63) is 0 Å². The van der Waals surface area contributed by atoms with Gasteiger partial charge >= 0.3 is 0 Å². The Hall–Kier alpha value is -0.770. The summed E-state index contributed by atoms with van der Waals surface area (Å²) in [4.78, 5) is 6.93. The van der Waals surface area contributed by atoms with Crippen LogP contribution in [0.4, 0.5) is 0 Å². The normalized spacial score (nSPS) is 24.4. The maximum atomic E-state index is 6.16. The Morgan fingerprint density at radius 2 is 1.52 bits per heavy atom. The van der Waals surface area contributed by atoms with Gasteiger partial charge in [0.2, 0.25) is 0 Å². The number of ether oxygens (including phenoxy) is 1.